The van der Waals surface area contributed by atoms with E-state index in [2.05, 4.69) is 12.2 Å². The first-order chi connectivity index (χ1) is 11.6. The van der Waals surface area contributed by atoms with Gasteiger partial charge in [0.05, 0.1) is 25.4 Å². The fourth-order valence-corrected chi connectivity index (χ4v) is 2.34. The largest absolute Gasteiger partial charge is 0.394 e. The van der Waals surface area contributed by atoms with E-state index in [-0.39, 0.29) is 25.5 Å². The second kappa shape index (κ2) is 14.6. The molecule has 0 radical (unpaired) electrons. The monoisotopic (exact) mass is 349 g/mol. The molecule has 1 fully saturated rings. The predicted octanol–water partition coefficient (Wildman–Crippen LogP) is 0.945. The van der Waals surface area contributed by atoms with E-state index in [9.17, 15) is 15.0 Å². The SMILES string of the molecule is CC.CCCCCCC(=O)NCCO[C@H]1OC(CO)CC(O)C1O. The van der Waals surface area contributed by atoms with E-state index in [1.54, 1.807) is 0 Å². The van der Waals surface area contributed by atoms with Crippen molar-refractivity contribution in [2.45, 2.75) is 83.9 Å². The van der Waals surface area contributed by atoms with Crippen LogP contribution in [0.2, 0.25) is 0 Å². The molecule has 1 amide bonds. The Morgan fingerprint density at radius 1 is 1.25 bits per heavy atom. The summed E-state index contributed by atoms with van der Waals surface area (Å²) in [4.78, 5) is 11.6. The van der Waals surface area contributed by atoms with E-state index in [1.807, 2.05) is 13.8 Å². The van der Waals surface area contributed by atoms with Crippen LogP contribution in [-0.4, -0.2) is 65.6 Å². The molecular formula is C17H35NO6. The van der Waals surface area contributed by atoms with Crippen LogP contribution in [0.25, 0.3) is 0 Å². The quantitative estimate of drug-likeness (QED) is 0.437. The third-order valence-corrected chi connectivity index (χ3v) is 3.67. The summed E-state index contributed by atoms with van der Waals surface area (Å²) in [6.07, 6.45) is 1.25. The number of ether oxygens (including phenoxy) is 2. The molecule has 0 aliphatic carbocycles. The van der Waals surface area contributed by atoms with E-state index in [0.29, 0.717) is 13.0 Å². The molecule has 24 heavy (non-hydrogen) atoms. The number of nitrogens with one attached hydrogen (secondary N) is 1. The van der Waals surface area contributed by atoms with Gasteiger partial charge in [0, 0.05) is 19.4 Å². The molecule has 1 aliphatic heterocycles. The fraction of sp³-hybridized carbons (Fsp3) is 0.941. The number of carbonyl (C=O) groups is 1. The maximum absolute atomic E-state index is 11.6. The molecule has 1 saturated heterocycles. The summed E-state index contributed by atoms with van der Waals surface area (Å²) in [5.41, 5.74) is 0. The maximum atomic E-state index is 11.6. The van der Waals surface area contributed by atoms with Crippen LogP contribution in [0.5, 0.6) is 0 Å². The van der Waals surface area contributed by atoms with E-state index < -0.39 is 24.6 Å². The fourth-order valence-electron chi connectivity index (χ4n) is 2.34. The number of carbonyl (C=O) groups excluding carboxylic acids is 1. The van der Waals surface area contributed by atoms with Crippen molar-refractivity contribution in [1.82, 2.24) is 5.32 Å². The summed E-state index contributed by atoms with van der Waals surface area (Å²) in [6, 6.07) is 0. The lowest BCUT2D eigenvalue weighted by Gasteiger charge is -2.36. The molecule has 0 bridgehead atoms. The van der Waals surface area contributed by atoms with E-state index >= 15 is 0 Å². The Hall–Kier alpha value is -0.730. The van der Waals surface area contributed by atoms with Crippen molar-refractivity contribution in [2.75, 3.05) is 19.8 Å². The molecule has 4 N–H and O–H groups in total. The molecule has 7 nitrogen and oxygen atoms in total. The van der Waals surface area contributed by atoms with E-state index in [4.69, 9.17) is 14.6 Å². The first-order valence-electron chi connectivity index (χ1n) is 9.09. The molecule has 0 saturated carbocycles. The Balaban J connectivity index is 0.00000254. The number of hydrogen-bond acceptors (Lipinski definition) is 6. The van der Waals surface area contributed by atoms with Crippen molar-refractivity contribution in [1.29, 1.82) is 0 Å². The molecule has 3 unspecified atom stereocenters. The summed E-state index contributed by atoms with van der Waals surface area (Å²) >= 11 is 0. The van der Waals surface area contributed by atoms with Gasteiger partial charge in [-0.3, -0.25) is 4.79 Å². The Kier molecular flexibility index (Phi) is 14.2. The highest BCUT2D eigenvalue weighted by Crippen LogP contribution is 2.20. The van der Waals surface area contributed by atoms with Gasteiger partial charge in [-0.15, -0.1) is 0 Å². The molecule has 0 aromatic rings. The van der Waals surface area contributed by atoms with Gasteiger partial charge < -0.3 is 30.1 Å². The average Bonchev–Trinajstić information content (AvgIpc) is 2.60. The Bertz CT molecular complexity index is 315. The van der Waals surface area contributed by atoms with E-state index in [1.165, 1.54) is 0 Å². The van der Waals surface area contributed by atoms with Crippen molar-refractivity contribution in [3.8, 4) is 0 Å². The van der Waals surface area contributed by atoms with E-state index in [0.717, 1.165) is 25.7 Å². The Labute approximate surface area is 145 Å². The van der Waals surface area contributed by atoms with Crippen molar-refractivity contribution in [2.24, 2.45) is 0 Å². The minimum atomic E-state index is -1.15. The van der Waals surface area contributed by atoms with Crippen LogP contribution in [0.15, 0.2) is 0 Å². The Morgan fingerprint density at radius 3 is 2.58 bits per heavy atom. The predicted molar refractivity (Wildman–Crippen MR) is 91.4 cm³/mol. The van der Waals surface area contributed by atoms with Crippen LogP contribution in [0, 0.1) is 0 Å². The third-order valence-electron chi connectivity index (χ3n) is 3.67. The highest BCUT2D eigenvalue weighted by Gasteiger charge is 2.37. The van der Waals surface area contributed by atoms with Gasteiger partial charge in [-0.25, -0.2) is 0 Å². The van der Waals surface area contributed by atoms with Gasteiger partial charge in [0.1, 0.15) is 6.10 Å². The molecule has 4 atom stereocenters. The summed E-state index contributed by atoms with van der Waals surface area (Å²) in [6.45, 7) is 6.38. The van der Waals surface area contributed by atoms with Crippen LogP contribution in [-0.2, 0) is 14.3 Å². The van der Waals surface area contributed by atoms with Crippen molar-refractivity contribution in [3.63, 3.8) is 0 Å². The second-order valence-corrected chi connectivity index (χ2v) is 5.63. The minimum Gasteiger partial charge on any atom is -0.394 e. The van der Waals surface area contributed by atoms with Crippen LogP contribution in [0.4, 0.5) is 0 Å². The maximum Gasteiger partial charge on any atom is 0.220 e. The molecule has 0 spiro atoms. The zero-order chi connectivity index (χ0) is 18.4. The van der Waals surface area contributed by atoms with Crippen LogP contribution < -0.4 is 5.32 Å². The number of aliphatic hydroxyl groups excluding tert-OH is 3. The molecule has 1 heterocycles. The highest BCUT2D eigenvalue weighted by molar-refractivity contribution is 5.75. The van der Waals surface area contributed by atoms with Crippen LogP contribution in [0.3, 0.4) is 0 Å². The lowest BCUT2D eigenvalue weighted by Crippen LogP contribution is -2.50. The van der Waals surface area contributed by atoms with Crippen molar-refractivity contribution in [3.05, 3.63) is 0 Å². The average molecular weight is 349 g/mol. The van der Waals surface area contributed by atoms with Gasteiger partial charge in [-0.2, -0.15) is 0 Å². The zero-order valence-corrected chi connectivity index (χ0v) is 15.2. The summed E-state index contributed by atoms with van der Waals surface area (Å²) in [5, 5.41) is 31.2. The van der Waals surface area contributed by atoms with Crippen LogP contribution in [0.1, 0.15) is 59.3 Å². The first kappa shape index (κ1) is 23.3. The molecule has 1 rings (SSSR count). The lowest BCUT2D eigenvalue weighted by molar-refractivity contribution is -0.270. The lowest BCUT2D eigenvalue weighted by atomic mass is 10.0. The van der Waals surface area contributed by atoms with Gasteiger partial charge in [-0.1, -0.05) is 40.0 Å². The number of rotatable bonds is 10. The molecule has 0 aromatic heterocycles. The van der Waals surface area contributed by atoms with Gasteiger partial charge in [-0.05, 0) is 6.42 Å². The smallest absolute Gasteiger partial charge is 0.220 e. The number of aliphatic hydroxyl groups is 3. The minimum absolute atomic E-state index is 0.0157. The third kappa shape index (κ3) is 9.54. The van der Waals surface area contributed by atoms with Gasteiger partial charge in [0.2, 0.25) is 5.91 Å². The second-order valence-electron chi connectivity index (χ2n) is 5.63. The zero-order valence-electron chi connectivity index (χ0n) is 15.2. The van der Waals surface area contributed by atoms with Gasteiger partial charge in [0.25, 0.3) is 0 Å². The highest BCUT2D eigenvalue weighted by atomic mass is 16.7. The van der Waals surface area contributed by atoms with Gasteiger partial charge in [0.15, 0.2) is 6.29 Å². The normalized spacial score (nSPS) is 26.4. The number of unbranched alkanes of at least 4 members (excludes halogenated alkanes) is 3. The molecule has 144 valence electrons. The van der Waals surface area contributed by atoms with Gasteiger partial charge >= 0.3 is 0 Å². The van der Waals surface area contributed by atoms with Crippen molar-refractivity contribution < 1.29 is 29.6 Å². The summed E-state index contributed by atoms with van der Waals surface area (Å²) in [5.74, 6) is -0.0157. The summed E-state index contributed by atoms with van der Waals surface area (Å²) in [7, 11) is 0. The topological polar surface area (TPSA) is 108 Å². The Morgan fingerprint density at radius 2 is 1.96 bits per heavy atom. The molecular weight excluding hydrogens is 314 g/mol. The number of amides is 1. The summed E-state index contributed by atoms with van der Waals surface area (Å²) < 4.78 is 10.7. The van der Waals surface area contributed by atoms with Crippen LogP contribution >= 0.6 is 0 Å². The molecule has 0 aromatic carbocycles. The molecule has 1 aliphatic rings. The van der Waals surface area contributed by atoms with Crippen molar-refractivity contribution >= 4 is 5.91 Å². The first-order valence-corrected chi connectivity index (χ1v) is 9.09. The molecule has 7 heteroatoms. The standard InChI is InChI=1S/C15H29NO6.C2H6/c1-2-3-4-5-6-13(19)16-7-8-21-15-14(20)12(18)9-11(10-17)22-15;1-2/h11-12,14-15,17-18,20H,2-10H2,1H3,(H,16,19);1-2H3/t11?,12?,14?,15-;/m0./s1. The number of hydrogen-bond donors (Lipinski definition) is 4.